The lowest BCUT2D eigenvalue weighted by atomic mass is 9.70. The SMILES string of the molecule is COc1cccc2[nH]c(C(=O)N3CC4C(C4(C)C)C3(C(C)C)C(C)C)cc12. The Bertz CT molecular complexity index is 885. The third-order valence-electron chi connectivity index (χ3n) is 7.56. The summed E-state index contributed by atoms with van der Waals surface area (Å²) in [6.07, 6.45) is 0. The normalized spacial score (nSPS) is 25.3. The van der Waals surface area contributed by atoms with Gasteiger partial charge in [-0.1, -0.05) is 47.6 Å². The molecule has 1 aliphatic carbocycles. The summed E-state index contributed by atoms with van der Waals surface area (Å²) in [5.41, 5.74) is 1.85. The first-order valence-electron chi connectivity index (χ1n) is 10.1. The number of ether oxygens (including phenoxy) is 1. The van der Waals surface area contributed by atoms with E-state index in [0.717, 1.165) is 23.2 Å². The van der Waals surface area contributed by atoms with E-state index in [2.05, 4.69) is 51.4 Å². The second-order valence-corrected chi connectivity index (χ2v) is 9.62. The highest BCUT2D eigenvalue weighted by molar-refractivity contribution is 6.00. The molecule has 4 rings (SSSR count). The van der Waals surface area contributed by atoms with Crippen LogP contribution in [0.25, 0.3) is 10.9 Å². The Balaban J connectivity index is 1.77. The Kier molecular flexibility index (Phi) is 3.93. The third-order valence-corrected chi connectivity index (χ3v) is 7.56. The highest BCUT2D eigenvalue weighted by atomic mass is 16.5. The molecule has 4 nitrogen and oxygen atoms in total. The molecule has 146 valence electrons. The van der Waals surface area contributed by atoms with Gasteiger partial charge in [0.15, 0.2) is 0 Å². The predicted molar refractivity (Wildman–Crippen MR) is 109 cm³/mol. The Morgan fingerprint density at radius 3 is 2.48 bits per heavy atom. The maximum Gasteiger partial charge on any atom is 0.270 e. The molecule has 2 aromatic rings. The minimum absolute atomic E-state index is 0.0906. The van der Waals surface area contributed by atoms with Crippen molar-refractivity contribution in [2.45, 2.75) is 47.1 Å². The van der Waals surface area contributed by atoms with Gasteiger partial charge in [-0.05, 0) is 47.3 Å². The van der Waals surface area contributed by atoms with Gasteiger partial charge in [-0.2, -0.15) is 0 Å². The number of aromatic amines is 1. The molecule has 0 spiro atoms. The molecule has 1 amide bonds. The number of aromatic nitrogens is 1. The fourth-order valence-corrected chi connectivity index (χ4v) is 6.36. The van der Waals surface area contributed by atoms with Crippen molar-refractivity contribution in [1.82, 2.24) is 9.88 Å². The first-order chi connectivity index (χ1) is 12.7. The number of H-pyrrole nitrogens is 1. The van der Waals surface area contributed by atoms with Gasteiger partial charge < -0.3 is 14.6 Å². The van der Waals surface area contributed by atoms with E-state index in [9.17, 15) is 4.79 Å². The molecule has 2 fully saturated rings. The van der Waals surface area contributed by atoms with Crippen LogP contribution in [0.5, 0.6) is 5.75 Å². The second kappa shape index (κ2) is 5.76. The molecule has 2 aliphatic rings. The Morgan fingerprint density at radius 2 is 1.89 bits per heavy atom. The van der Waals surface area contributed by atoms with Crippen molar-refractivity contribution in [2.75, 3.05) is 13.7 Å². The molecule has 2 heterocycles. The number of nitrogens with one attached hydrogen (secondary N) is 1. The van der Waals surface area contributed by atoms with Gasteiger partial charge in [0.25, 0.3) is 5.91 Å². The lowest BCUT2D eigenvalue weighted by Crippen LogP contribution is -2.58. The van der Waals surface area contributed by atoms with Gasteiger partial charge in [0.1, 0.15) is 11.4 Å². The lowest BCUT2D eigenvalue weighted by molar-refractivity contribution is 0.00162. The average Bonchev–Trinajstić information content (AvgIpc) is 3.02. The molecule has 1 N–H and O–H groups in total. The lowest BCUT2D eigenvalue weighted by Gasteiger charge is -2.49. The Morgan fingerprint density at radius 1 is 1.22 bits per heavy atom. The van der Waals surface area contributed by atoms with E-state index >= 15 is 0 Å². The first-order valence-corrected chi connectivity index (χ1v) is 10.1. The van der Waals surface area contributed by atoms with Crippen molar-refractivity contribution in [3.05, 3.63) is 30.0 Å². The number of benzene rings is 1. The van der Waals surface area contributed by atoms with Crippen LogP contribution in [0.1, 0.15) is 52.0 Å². The largest absolute Gasteiger partial charge is 0.496 e. The average molecular weight is 369 g/mol. The Labute approximate surface area is 162 Å². The van der Waals surface area contributed by atoms with Crippen LogP contribution in [0.3, 0.4) is 0 Å². The summed E-state index contributed by atoms with van der Waals surface area (Å²) in [4.78, 5) is 19.2. The molecule has 4 heteroatoms. The first kappa shape index (κ1) is 18.4. The van der Waals surface area contributed by atoms with E-state index in [1.807, 2.05) is 24.3 Å². The molecular formula is C23H32N2O2. The van der Waals surface area contributed by atoms with E-state index in [4.69, 9.17) is 4.74 Å². The summed E-state index contributed by atoms with van der Waals surface area (Å²) in [7, 11) is 1.67. The zero-order valence-corrected chi connectivity index (χ0v) is 17.6. The topological polar surface area (TPSA) is 45.3 Å². The number of amides is 1. The summed E-state index contributed by atoms with van der Waals surface area (Å²) in [5, 5.41) is 0.965. The van der Waals surface area contributed by atoms with Crippen LogP contribution >= 0.6 is 0 Å². The molecule has 0 bridgehead atoms. The molecule has 2 unspecified atom stereocenters. The van der Waals surface area contributed by atoms with Crippen molar-refractivity contribution in [3.63, 3.8) is 0 Å². The van der Waals surface area contributed by atoms with Gasteiger partial charge in [-0.3, -0.25) is 4.79 Å². The summed E-state index contributed by atoms with van der Waals surface area (Å²) in [6, 6.07) is 7.84. The summed E-state index contributed by atoms with van der Waals surface area (Å²) < 4.78 is 5.47. The highest BCUT2D eigenvalue weighted by Crippen LogP contribution is 2.72. The van der Waals surface area contributed by atoms with Crippen molar-refractivity contribution >= 4 is 16.8 Å². The second-order valence-electron chi connectivity index (χ2n) is 9.62. The number of methoxy groups -OCH3 is 1. The van der Waals surface area contributed by atoms with E-state index < -0.39 is 0 Å². The quantitative estimate of drug-likeness (QED) is 0.829. The van der Waals surface area contributed by atoms with Gasteiger partial charge >= 0.3 is 0 Å². The summed E-state index contributed by atoms with van der Waals surface area (Å²) in [5.74, 6) is 2.93. The minimum atomic E-state index is -0.0906. The van der Waals surface area contributed by atoms with Gasteiger partial charge in [-0.25, -0.2) is 0 Å². The van der Waals surface area contributed by atoms with Crippen LogP contribution in [0.2, 0.25) is 0 Å². The monoisotopic (exact) mass is 368 g/mol. The summed E-state index contributed by atoms with van der Waals surface area (Å²) >= 11 is 0. The number of likely N-dealkylation sites (tertiary alicyclic amines) is 1. The number of hydrogen-bond donors (Lipinski definition) is 1. The van der Waals surface area contributed by atoms with Gasteiger partial charge in [0, 0.05) is 17.4 Å². The van der Waals surface area contributed by atoms with E-state index in [1.165, 1.54) is 0 Å². The number of hydrogen-bond acceptors (Lipinski definition) is 2. The van der Waals surface area contributed by atoms with Crippen LogP contribution < -0.4 is 4.74 Å². The minimum Gasteiger partial charge on any atom is -0.496 e. The van der Waals surface area contributed by atoms with E-state index in [1.54, 1.807) is 7.11 Å². The van der Waals surface area contributed by atoms with E-state index in [-0.39, 0.29) is 11.4 Å². The number of carbonyl (C=O) groups is 1. The number of carbonyl (C=O) groups excluding carboxylic acids is 1. The maximum atomic E-state index is 13.7. The fraction of sp³-hybridized carbons (Fsp3) is 0.609. The van der Waals surface area contributed by atoms with Crippen LogP contribution in [-0.2, 0) is 0 Å². The number of rotatable bonds is 4. The van der Waals surface area contributed by atoms with Gasteiger partial charge in [0.2, 0.25) is 0 Å². The zero-order valence-electron chi connectivity index (χ0n) is 17.6. The zero-order chi connectivity index (χ0) is 19.7. The number of nitrogens with zero attached hydrogens (tertiary/aromatic N) is 1. The van der Waals surface area contributed by atoms with Crippen LogP contribution in [0.15, 0.2) is 24.3 Å². The Hall–Kier alpha value is -1.97. The van der Waals surface area contributed by atoms with Crippen molar-refractivity contribution in [3.8, 4) is 5.75 Å². The molecule has 1 saturated heterocycles. The van der Waals surface area contributed by atoms with Crippen LogP contribution in [-0.4, -0.2) is 35.0 Å². The van der Waals surface area contributed by atoms with Gasteiger partial charge in [0.05, 0.1) is 12.6 Å². The molecule has 27 heavy (non-hydrogen) atoms. The molecule has 1 aliphatic heterocycles. The van der Waals surface area contributed by atoms with Crippen molar-refractivity contribution in [1.29, 1.82) is 0 Å². The van der Waals surface area contributed by atoms with Gasteiger partial charge in [-0.15, -0.1) is 0 Å². The van der Waals surface area contributed by atoms with E-state index in [0.29, 0.717) is 34.8 Å². The fourth-order valence-electron chi connectivity index (χ4n) is 6.36. The highest BCUT2D eigenvalue weighted by Gasteiger charge is 2.75. The number of piperidine rings is 1. The molecule has 1 aromatic carbocycles. The van der Waals surface area contributed by atoms with Crippen LogP contribution in [0, 0.1) is 29.1 Å². The van der Waals surface area contributed by atoms with Crippen LogP contribution in [0.4, 0.5) is 0 Å². The van der Waals surface area contributed by atoms with Crippen molar-refractivity contribution < 1.29 is 9.53 Å². The van der Waals surface area contributed by atoms with Crippen molar-refractivity contribution in [2.24, 2.45) is 29.1 Å². The molecule has 0 radical (unpaired) electrons. The maximum absolute atomic E-state index is 13.7. The summed E-state index contributed by atoms with van der Waals surface area (Å²) in [6.45, 7) is 14.7. The molecule has 2 atom stereocenters. The molecule has 1 aromatic heterocycles. The number of fused-ring (bicyclic) bond motifs is 2. The molecule has 1 saturated carbocycles. The molecular weight excluding hydrogens is 336 g/mol. The third kappa shape index (κ3) is 2.25. The predicted octanol–water partition coefficient (Wildman–Crippen LogP) is 4.96. The smallest absolute Gasteiger partial charge is 0.270 e. The standard InChI is InChI=1S/C23H32N2O2/c1-13(2)23(14(3)4)20-16(22(20,5)6)12-25(23)21(26)18-11-15-17(24-18)9-8-10-19(15)27-7/h8-11,13-14,16,20,24H,12H2,1-7H3.